The Morgan fingerprint density at radius 1 is 1.38 bits per heavy atom. The Morgan fingerprint density at radius 3 is 2.62 bits per heavy atom. The van der Waals surface area contributed by atoms with Crippen molar-refractivity contribution in [2.75, 3.05) is 0 Å². The first-order valence-electron chi connectivity index (χ1n) is 5.40. The molecule has 3 heteroatoms. The van der Waals surface area contributed by atoms with Crippen molar-refractivity contribution in [1.82, 2.24) is 0 Å². The number of rotatable bonds is 5. The Morgan fingerprint density at radius 2 is 2.06 bits per heavy atom. The third kappa shape index (κ3) is 6.28. The van der Waals surface area contributed by atoms with Gasteiger partial charge in [-0.15, -0.1) is 0 Å². The van der Waals surface area contributed by atoms with E-state index < -0.39 is 5.97 Å². The first kappa shape index (κ1) is 16.5. The second kappa shape index (κ2) is 8.57. The largest absolute Gasteiger partial charge is 0.481 e. The Kier molecular flexibility index (Phi) is 8.83. The summed E-state index contributed by atoms with van der Waals surface area (Å²) in [5.41, 5.74) is 2.56. The van der Waals surface area contributed by atoms with Gasteiger partial charge in [0.05, 0.1) is 0 Å². The molecule has 0 atom stereocenters. The van der Waals surface area contributed by atoms with E-state index in [2.05, 4.69) is 32.0 Å². The smallest absolute Gasteiger partial charge is 0.303 e. The Hall–Kier alpha value is 0.495. The second-order valence-corrected chi connectivity index (χ2v) is 4.15. The Bertz CT molecular complexity index is 334. The summed E-state index contributed by atoms with van der Waals surface area (Å²) in [6.07, 6.45) is 1.83. The molecule has 0 amide bonds. The van der Waals surface area contributed by atoms with Crippen LogP contribution in [0.25, 0.3) is 0 Å². The van der Waals surface area contributed by atoms with Gasteiger partial charge in [-0.2, -0.15) is 0 Å². The summed E-state index contributed by atoms with van der Waals surface area (Å²) in [5.74, 6) is -0.181. The summed E-state index contributed by atoms with van der Waals surface area (Å²) in [5, 5.41) is 8.53. The Labute approximate surface area is 146 Å². The number of carbonyl (C=O) groups is 1. The van der Waals surface area contributed by atoms with Gasteiger partial charge in [0.1, 0.15) is 0 Å². The van der Waals surface area contributed by atoms with E-state index in [1.165, 1.54) is 11.1 Å². The SMILES string of the molecule is CC(C)c1cccc(CCCC(=O)O)c1.[Rb]. The van der Waals surface area contributed by atoms with Gasteiger partial charge in [-0.25, -0.2) is 0 Å². The molecular formula is C13H18O2Rb. The van der Waals surface area contributed by atoms with E-state index in [1.54, 1.807) is 0 Å². The number of aliphatic carboxylic acids is 1. The van der Waals surface area contributed by atoms with Crippen LogP contribution in [0.5, 0.6) is 0 Å². The molecule has 0 aliphatic carbocycles. The van der Waals surface area contributed by atoms with Gasteiger partial charge < -0.3 is 5.11 Å². The van der Waals surface area contributed by atoms with Gasteiger partial charge in [0.25, 0.3) is 0 Å². The average molecular weight is 292 g/mol. The number of aryl methyl sites for hydroxylation is 1. The molecule has 1 radical (unpaired) electrons. The van der Waals surface area contributed by atoms with Crippen LogP contribution in [0.3, 0.4) is 0 Å². The van der Waals surface area contributed by atoms with Crippen molar-refractivity contribution in [3.8, 4) is 0 Å². The van der Waals surface area contributed by atoms with Crippen LogP contribution in [0.2, 0.25) is 0 Å². The monoisotopic (exact) mass is 291 g/mol. The van der Waals surface area contributed by atoms with E-state index in [0.29, 0.717) is 5.92 Å². The molecule has 16 heavy (non-hydrogen) atoms. The zero-order valence-corrected chi connectivity index (χ0v) is 15.3. The number of hydrogen-bond donors (Lipinski definition) is 1. The summed E-state index contributed by atoms with van der Waals surface area (Å²) < 4.78 is 0. The van der Waals surface area contributed by atoms with Gasteiger partial charge in [0, 0.05) is 64.6 Å². The van der Waals surface area contributed by atoms with E-state index in [0.717, 1.165) is 12.8 Å². The van der Waals surface area contributed by atoms with Gasteiger partial charge >= 0.3 is 5.97 Å². The van der Waals surface area contributed by atoms with Crippen molar-refractivity contribution >= 4 is 64.2 Å². The predicted molar refractivity (Wildman–Crippen MR) is 66.9 cm³/mol. The molecule has 0 fully saturated rings. The van der Waals surface area contributed by atoms with Gasteiger partial charge in [-0.05, 0) is 29.9 Å². The van der Waals surface area contributed by atoms with Crippen molar-refractivity contribution < 1.29 is 9.90 Å². The topological polar surface area (TPSA) is 37.3 Å². The van der Waals surface area contributed by atoms with Crippen LogP contribution in [0, 0.1) is 0 Å². The van der Waals surface area contributed by atoms with Crippen molar-refractivity contribution in [2.24, 2.45) is 0 Å². The fraction of sp³-hybridized carbons (Fsp3) is 0.462. The van der Waals surface area contributed by atoms with Crippen molar-refractivity contribution in [3.05, 3.63) is 35.4 Å². The van der Waals surface area contributed by atoms with Crippen LogP contribution in [-0.4, -0.2) is 69.3 Å². The normalized spacial score (nSPS) is 9.94. The third-order valence-electron chi connectivity index (χ3n) is 2.47. The summed E-state index contributed by atoms with van der Waals surface area (Å²) in [4.78, 5) is 10.4. The van der Waals surface area contributed by atoms with Crippen LogP contribution < -0.4 is 0 Å². The molecule has 1 aromatic carbocycles. The first-order valence-corrected chi connectivity index (χ1v) is 5.40. The van der Waals surface area contributed by atoms with Gasteiger partial charge in [0.2, 0.25) is 0 Å². The molecule has 0 aliphatic rings. The zero-order chi connectivity index (χ0) is 11.3. The van der Waals surface area contributed by atoms with Crippen LogP contribution >= 0.6 is 0 Å². The zero-order valence-electron chi connectivity index (χ0n) is 10.4. The van der Waals surface area contributed by atoms with Crippen LogP contribution in [0.4, 0.5) is 0 Å². The minimum atomic E-state index is -0.713. The number of carboxylic acids is 1. The molecular weight excluding hydrogens is 274 g/mol. The number of carboxylic acid groups (broad SMARTS) is 1. The minimum Gasteiger partial charge on any atom is -0.481 e. The molecule has 0 unspecified atom stereocenters. The molecule has 83 valence electrons. The predicted octanol–water partition coefficient (Wildman–Crippen LogP) is 2.84. The summed E-state index contributed by atoms with van der Waals surface area (Å²) >= 11 is 0. The third-order valence-corrected chi connectivity index (χ3v) is 2.47. The minimum absolute atomic E-state index is 0. The molecule has 1 N–H and O–H groups in total. The van der Waals surface area contributed by atoms with E-state index >= 15 is 0 Å². The van der Waals surface area contributed by atoms with Crippen LogP contribution in [0.15, 0.2) is 24.3 Å². The van der Waals surface area contributed by atoms with Crippen LogP contribution in [0.1, 0.15) is 43.7 Å². The molecule has 1 aromatic rings. The molecule has 0 aliphatic heterocycles. The molecule has 2 nitrogen and oxygen atoms in total. The van der Waals surface area contributed by atoms with Crippen molar-refractivity contribution in [2.45, 2.75) is 39.0 Å². The van der Waals surface area contributed by atoms with Gasteiger partial charge in [-0.1, -0.05) is 38.1 Å². The number of hydrogen-bond acceptors (Lipinski definition) is 1. The fourth-order valence-corrected chi connectivity index (χ4v) is 1.55. The van der Waals surface area contributed by atoms with Crippen molar-refractivity contribution in [1.29, 1.82) is 0 Å². The summed E-state index contributed by atoms with van der Waals surface area (Å²) in [6.45, 7) is 4.33. The molecule has 0 spiro atoms. The maximum atomic E-state index is 10.4. The maximum Gasteiger partial charge on any atom is 0.303 e. The van der Waals surface area contributed by atoms with E-state index in [-0.39, 0.29) is 64.6 Å². The average Bonchev–Trinajstić information content (AvgIpc) is 2.17. The molecule has 0 aromatic heterocycles. The quantitative estimate of drug-likeness (QED) is 0.906. The molecule has 0 bridgehead atoms. The molecule has 0 heterocycles. The standard InChI is InChI=1S/C13H18O2.Rb/c1-10(2)12-7-3-5-11(9-12)6-4-8-13(14)15;/h3,5,7,9-10H,4,6,8H2,1-2H3,(H,14,15);. The van der Waals surface area contributed by atoms with E-state index in [4.69, 9.17) is 5.11 Å². The van der Waals surface area contributed by atoms with Crippen molar-refractivity contribution in [3.63, 3.8) is 0 Å². The summed E-state index contributed by atoms with van der Waals surface area (Å²) in [6, 6.07) is 8.40. The van der Waals surface area contributed by atoms with Gasteiger partial charge in [-0.3, -0.25) is 4.79 Å². The summed E-state index contributed by atoms with van der Waals surface area (Å²) in [7, 11) is 0. The first-order chi connectivity index (χ1) is 7.09. The van der Waals surface area contributed by atoms with Crippen LogP contribution in [-0.2, 0) is 11.2 Å². The molecule has 0 saturated carbocycles. The van der Waals surface area contributed by atoms with Gasteiger partial charge in [0.15, 0.2) is 0 Å². The van der Waals surface area contributed by atoms with E-state index in [9.17, 15) is 4.79 Å². The number of benzene rings is 1. The fourth-order valence-electron chi connectivity index (χ4n) is 1.55. The Balaban J connectivity index is 0.00000225. The maximum absolute atomic E-state index is 10.4. The second-order valence-electron chi connectivity index (χ2n) is 4.15. The molecule has 1 rings (SSSR count). The molecule has 0 saturated heterocycles. The van der Waals surface area contributed by atoms with E-state index in [1.807, 2.05) is 6.07 Å².